The summed E-state index contributed by atoms with van der Waals surface area (Å²) in [6, 6.07) is 7.90. The fraction of sp³-hybridized carbons (Fsp3) is 0.222. The predicted octanol–water partition coefficient (Wildman–Crippen LogP) is 3.76. The Morgan fingerprint density at radius 2 is 2.19 bits per heavy atom. The zero-order valence-electron chi connectivity index (χ0n) is 14.3. The summed E-state index contributed by atoms with van der Waals surface area (Å²) in [5.74, 6) is 0.127. The van der Waals surface area contributed by atoms with Gasteiger partial charge in [-0.25, -0.2) is 4.98 Å². The molecule has 1 N–H and O–H groups in total. The highest BCUT2D eigenvalue weighted by Crippen LogP contribution is 2.25. The molecular formula is C18H18ClN3O4. The molecule has 1 heterocycles. The second-order valence-electron chi connectivity index (χ2n) is 5.65. The van der Waals surface area contributed by atoms with Crippen LogP contribution in [0.1, 0.15) is 25.0 Å². The Morgan fingerprint density at radius 1 is 1.42 bits per heavy atom. The predicted molar refractivity (Wildman–Crippen MR) is 99.0 cm³/mol. The zero-order chi connectivity index (χ0) is 19.1. The van der Waals surface area contributed by atoms with Crippen LogP contribution in [0.25, 0.3) is 6.08 Å². The van der Waals surface area contributed by atoms with E-state index in [0.29, 0.717) is 11.4 Å². The Kier molecular flexibility index (Phi) is 6.68. The fourth-order valence-corrected chi connectivity index (χ4v) is 2.26. The average Bonchev–Trinajstić information content (AvgIpc) is 2.59. The standard InChI is InChI=1S/C18H18ClN3O4/c1-12(2)26-18-14(4-3-9-20-18)11-21-17(23)8-6-13-5-7-15(19)16(10-13)22(24)25/h3-10,12H,11H2,1-2H3,(H,21,23)/b8-6+. The van der Waals surface area contributed by atoms with Crippen molar-refractivity contribution in [1.29, 1.82) is 0 Å². The van der Waals surface area contributed by atoms with Gasteiger partial charge in [0, 0.05) is 30.4 Å². The minimum atomic E-state index is -0.571. The number of ether oxygens (including phenoxy) is 1. The molecule has 0 aliphatic heterocycles. The van der Waals surface area contributed by atoms with Gasteiger partial charge in [0.15, 0.2) is 0 Å². The number of nitrogens with one attached hydrogen (secondary N) is 1. The normalized spacial score (nSPS) is 10.9. The molecule has 136 valence electrons. The van der Waals surface area contributed by atoms with Crippen LogP contribution in [-0.4, -0.2) is 21.9 Å². The first-order chi connectivity index (χ1) is 12.4. The van der Waals surface area contributed by atoms with Crippen LogP contribution in [0.3, 0.4) is 0 Å². The first kappa shape index (κ1) is 19.4. The molecule has 7 nitrogen and oxygen atoms in total. The van der Waals surface area contributed by atoms with Gasteiger partial charge in [0.25, 0.3) is 5.69 Å². The van der Waals surface area contributed by atoms with Gasteiger partial charge in [-0.1, -0.05) is 23.7 Å². The smallest absolute Gasteiger partial charge is 0.288 e. The molecule has 2 rings (SSSR count). The van der Waals surface area contributed by atoms with E-state index in [9.17, 15) is 14.9 Å². The van der Waals surface area contributed by atoms with Crippen molar-refractivity contribution >= 4 is 29.3 Å². The van der Waals surface area contributed by atoms with Crippen molar-refractivity contribution in [2.75, 3.05) is 0 Å². The highest BCUT2D eigenvalue weighted by Gasteiger charge is 2.12. The van der Waals surface area contributed by atoms with Crippen molar-refractivity contribution < 1.29 is 14.5 Å². The summed E-state index contributed by atoms with van der Waals surface area (Å²) < 4.78 is 5.60. The third-order valence-corrected chi connectivity index (χ3v) is 3.56. The van der Waals surface area contributed by atoms with Crippen LogP contribution in [0.4, 0.5) is 5.69 Å². The number of hydrogen-bond acceptors (Lipinski definition) is 5. The number of rotatable bonds is 7. The third kappa shape index (κ3) is 5.56. The van der Waals surface area contributed by atoms with E-state index >= 15 is 0 Å². The van der Waals surface area contributed by atoms with E-state index in [-0.39, 0.29) is 29.3 Å². The molecule has 1 amide bonds. The van der Waals surface area contributed by atoms with E-state index in [4.69, 9.17) is 16.3 Å². The molecule has 2 aromatic rings. The maximum Gasteiger partial charge on any atom is 0.288 e. The maximum atomic E-state index is 12.0. The summed E-state index contributed by atoms with van der Waals surface area (Å²) in [6.07, 6.45) is 4.37. The molecular weight excluding hydrogens is 358 g/mol. The molecule has 0 aliphatic carbocycles. The number of pyridine rings is 1. The number of benzene rings is 1. The average molecular weight is 376 g/mol. The molecule has 0 bridgehead atoms. The van der Waals surface area contributed by atoms with Gasteiger partial charge in [-0.3, -0.25) is 14.9 Å². The number of nitro benzene ring substituents is 1. The molecule has 0 atom stereocenters. The Labute approximate surface area is 155 Å². The Hall–Kier alpha value is -2.93. The largest absolute Gasteiger partial charge is 0.475 e. The lowest BCUT2D eigenvalue weighted by molar-refractivity contribution is -0.384. The van der Waals surface area contributed by atoms with Gasteiger partial charge < -0.3 is 10.1 Å². The molecule has 1 aromatic heterocycles. The Morgan fingerprint density at radius 3 is 2.88 bits per heavy atom. The van der Waals surface area contributed by atoms with E-state index in [1.807, 2.05) is 19.9 Å². The molecule has 0 unspecified atom stereocenters. The first-order valence-corrected chi connectivity index (χ1v) is 8.25. The fourth-order valence-electron chi connectivity index (χ4n) is 2.07. The van der Waals surface area contributed by atoms with Crippen molar-refractivity contribution in [3.8, 4) is 5.88 Å². The minimum Gasteiger partial charge on any atom is -0.475 e. The highest BCUT2D eigenvalue weighted by molar-refractivity contribution is 6.32. The Bertz CT molecular complexity index is 837. The number of carbonyl (C=O) groups is 1. The summed E-state index contributed by atoms with van der Waals surface area (Å²) in [7, 11) is 0. The summed E-state index contributed by atoms with van der Waals surface area (Å²) in [4.78, 5) is 26.5. The molecule has 1 aromatic carbocycles. The number of nitro groups is 1. The van der Waals surface area contributed by atoms with E-state index in [1.165, 1.54) is 24.3 Å². The van der Waals surface area contributed by atoms with Crippen LogP contribution in [0.15, 0.2) is 42.6 Å². The lowest BCUT2D eigenvalue weighted by Crippen LogP contribution is -2.21. The van der Waals surface area contributed by atoms with Gasteiger partial charge in [0.2, 0.25) is 11.8 Å². The molecule has 8 heteroatoms. The van der Waals surface area contributed by atoms with Crippen LogP contribution in [0.5, 0.6) is 5.88 Å². The number of hydrogen-bond donors (Lipinski definition) is 1. The summed E-state index contributed by atoms with van der Waals surface area (Å²) >= 11 is 5.76. The summed E-state index contributed by atoms with van der Waals surface area (Å²) in [6.45, 7) is 4.04. The maximum absolute atomic E-state index is 12.0. The summed E-state index contributed by atoms with van der Waals surface area (Å²) in [5, 5.41) is 13.7. The van der Waals surface area contributed by atoms with Crippen molar-refractivity contribution in [3.63, 3.8) is 0 Å². The topological polar surface area (TPSA) is 94.4 Å². The van der Waals surface area contributed by atoms with Crippen molar-refractivity contribution in [1.82, 2.24) is 10.3 Å². The van der Waals surface area contributed by atoms with Crippen molar-refractivity contribution in [3.05, 3.63) is 68.9 Å². The van der Waals surface area contributed by atoms with Crippen LogP contribution < -0.4 is 10.1 Å². The van der Waals surface area contributed by atoms with Crippen LogP contribution in [-0.2, 0) is 11.3 Å². The van der Waals surface area contributed by atoms with E-state index in [2.05, 4.69) is 10.3 Å². The number of carbonyl (C=O) groups excluding carboxylic acids is 1. The number of aromatic nitrogens is 1. The molecule has 0 saturated heterocycles. The second kappa shape index (κ2) is 8.96. The highest BCUT2D eigenvalue weighted by atomic mass is 35.5. The van der Waals surface area contributed by atoms with Crippen LogP contribution in [0, 0.1) is 10.1 Å². The number of nitrogens with zero attached hydrogens (tertiary/aromatic N) is 2. The Balaban J connectivity index is 2.00. The number of halogens is 1. The zero-order valence-corrected chi connectivity index (χ0v) is 15.1. The quantitative estimate of drug-likeness (QED) is 0.451. The van der Waals surface area contributed by atoms with Crippen LogP contribution >= 0.6 is 11.6 Å². The van der Waals surface area contributed by atoms with Crippen molar-refractivity contribution in [2.24, 2.45) is 0 Å². The van der Waals surface area contributed by atoms with Gasteiger partial charge in [0.1, 0.15) is 5.02 Å². The van der Waals surface area contributed by atoms with Gasteiger partial charge in [-0.2, -0.15) is 0 Å². The van der Waals surface area contributed by atoms with Gasteiger partial charge >= 0.3 is 0 Å². The molecule has 0 spiro atoms. The van der Waals surface area contributed by atoms with Crippen LogP contribution in [0.2, 0.25) is 5.02 Å². The monoisotopic (exact) mass is 375 g/mol. The molecule has 0 radical (unpaired) electrons. The van der Waals surface area contributed by atoms with Gasteiger partial charge in [-0.15, -0.1) is 0 Å². The molecule has 0 fully saturated rings. The SMILES string of the molecule is CC(C)Oc1ncccc1CNC(=O)/C=C/c1ccc(Cl)c([N+](=O)[O-])c1. The van der Waals surface area contributed by atoms with E-state index in [1.54, 1.807) is 18.3 Å². The first-order valence-electron chi connectivity index (χ1n) is 7.87. The summed E-state index contributed by atoms with van der Waals surface area (Å²) in [5.41, 5.74) is 1.05. The second-order valence-corrected chi connectivity index (χ2v) is 6.06. The van der Waals surface area contributed by atoms with Gasteiger partial charge in [-0.05, 0) is 37.6 Å². The molecule has 0 aliphatic rings. The van der Waals surface area contributed by atoms with E-state index in [0.717, 1.165) is 5.56 Å². The molecule has 26 heavy (non-hydrogen) atoms. The van der Waals surface area contributed by atoms with Gasteiger partial charge in [0.05, 0.1) is 11.0 Å². The third-order valence-electron chi connectivity index (χ3n) is 3.24. The minimum absolute atomic E-state index is 0.0278. The lowest BCUT2D eigenvalue weighted by atomic mass is 10.2. The van der Waals surface area contributed by atoms with E-state index < -0.39 is 4.92 Å². The lowest BCUT2D eigenvalue weighted by Gasteiger charge is -2.12. The molecule has 0 saturated carbocycles. The number of amides is 1. The van der Waals surface area contributed by atoms with Crippen molar-refractivity contribution in [2.45, 2.75) is 26.5 Å².